The lowest BCUT2D eigenvalue weighted by Crippen LogP contribution is -2.48. The predicted octanol–water partition coefficient (Wildman–Crippen LogP) is 7.59. The first kappa shape index (κ1) is 36.9. The lowest BCUT2D eigenvalue weighted by molar-refractivity contribution is -0.119. The average Bonchev–Trinajstić information content (AvgIpc) is 3.05. The number of nitrogens with one attached hydrogen (secondary N) is 1. The van der Waals surface area contributed by atoms with Gasteiger partial charge in [0.05, 0.1) is 5.60 Å². The summed E-state index contributed by atoms with van der Waals surface area (Å²) in [5.74, 6) is -0.481. The molecule has 8 nitrogen and oxygen atoms in total. The molecule has 1 fully saturated rings. The number of likely N-dealkylation sites (tertiary alicyclic amines) is 1. The van der Waals surface area contributed by atoms with Crippen LogP contribution in [0, 0.1) is 5.92 Å². The number of aliphatic hydroxyl groups is 1. The molecule has 1 aliphatic rings. The smallest absolute Gasteiger partial charge is 0.410 e. The summed E-state index contributed by atoms with van der Waals surface area (Å²) in [6.45, 7) is 10.8. The maximum atomic E-state index is 13.8. The van der Waals surface area contributed by atoms with Crippen LogP contribution in [0.2, 0.25) is 5.02 Å². The number of benzene rings is 3. The van der Waals surface area contributed by atoms with Gasteiger partial charge >= 0.3 is 6.09 Å². The number of hydrogen-bond donors (Lipinski definition) is 2. The van der Waals surface area contributed by atoms with Gasteiger partial charge in [-0.15, -0.1) is 0 Å². The first-order valence-corrected chi connectivity index (χ1v) is 17.3. The van der Waals surface area contributed by atoms with Gasteiger partial charge in [0, 0.05) is 62.2 Å². The first-order chi connectivity index (χ1) is 22.7. The Balaban J connectivity index is 1.59. The molecule has 1 aliphatic heterocycles. The van der Waals surface area contributed by atoms with Crippen molar-refractivity contribution in [3.63, 3.8) is 0 Å². The summed E-state index contributed by atoms with van der Waals surface area (Å²) in [6.07, 6.45) is 2.88. The number of carbonyl (C=O) groups is 3. The molecule has 1 heterocycles. The summed E-state index contributed by atoms with van der Waals surface area (Å²) in [6, 6.07) is 21.2. The monoisotopic (exact) mass is 675 g/mol. The van der Waals surface area contributed by atoms with E-state index in [1.165, 1.54) is 17.4 Å². The molecule has 258 valence electrons. The number of halogens is 1. The van der Waals surface area contributed by atoms with Gasteiger partial charge in [-0.2, -0.15) is 0 Å². The molecular weight excluding hydrogens is 626 g/mol. The highest BCUT2D eigenvalue weighted by atomic mass is 35.5. The van der Waals surface area contributed by atoms with Gasteiger partial charge in [-0.3, -0.25) is 9.59 Å². The number of ether oxygens (including phenoxy) is 1. The molecule has 3 aromatic carbocycles. The Bertz CT molecular complexity index is 1590. The molecule has 4 rings (SSSR count). The van der Waals surface area contributed by atoms with Crippen molar-refractivity contribution in [2.24, 2.45) is 5.92 Å². The van der Waals surface area contributed by atoms with Crippen LogP contribution in [0.15, 0.2) is 66.7 Å². The van der Waals surface area contributed by atoms with Crippen LogP contribution in [0.1, 0.15) is 87.4 Å². The third-order valence-corrected chi connectivity index (χ3v) is 9.24. The lowest BCUT2D eigenvalue weighted by atomic mass is 9.72. The Morgan fingerprint density at radius 2 is 1.75 bits per heavy atom. The Kier molecular flexibility index (Phi) is 12.3. The van der Waals surface area contributed by atoms with E-state index >= 15 is 0 Å². The first-order valence-electron chi connectivity index (χ1n) is 16.9. The summed E-state index contributed by atoms with van der Waals surface area (Å²) in [5, 5.41) is 16.2. The fraction of sp³-hybridized carbons (Fsp3) is 0.462. The van der Waals surface area contributed by atoms with Gasteiger partial charge in [0.1, 0.15) is 5.60 Å². The van der Waals surface area contributed by atoms with Crippen molar-refractivity contribution in [1.82, 2.24) is 15.1 Å². The van der Waals surface area contributed by atoms with Crippen LogP contribution < -0.4 is 5.32 Å². The van der Waals surface area contributed by atoms with E-state index in [-0.39, 0.29) is 17.7 Å². The summed E-state index contributed by atoms with van der Waals surface area (Å²) in [4.78, 5) is 41.2. The van der Waals surface area contributed by atoms with Crippen LogP contribution in [-0.4, -0.2) is 65.1 Å². The molecule has 1 saturated heterocycles. The molecule has 3 aromatic rings. The Labute approximate surface area is 290 Å². The van der Waals surface area contributed by atoms with Gasteiger partial charge < -0.3 is 25.0 Å². The van der Waals surface area contributed by atoms with Gasteiger partial charge in [0.25, 0.3) is 5.91 Å². The summed E-state index contributed by atoms with van der Waals surface area (Å²) in [5.41, 5.74) is 3.19. The number of piperidine rings is 1. The molecule has 0 aliphatic carbocycles. The van der Waals surface area contributed by atoms with E-state index in [4.69, 9.17) is 16.3 Å². The molecule has 0 saturated carbocycles. The highest BCUT2D eigenvalue weighted by Gasteiger charge is 2.43. The summed E-state index contributed by atoms with van der Waals surface area (Å²) < 4.78 is 5.45. The molecule has 1 unspecified atom stereocenters. The molecule has 0 radical (unpaired) electrons. The number of carbonyl (C=O) groups excluding carboxylic acids is 3. The van der Waals surface area contributed by atoms with Gasteiger partial charge in [-0.05, 0) is 93.3 Å². The van der Waals surface area contributed by atoms with Crippen LogP contribution in [0.5, 0.6) is 0 Å². The van der Waals surface area contributed by atoms with Gasteiger partial charge in [0.2, 0.25) is 5.91 Å². The van der Waals surface area contributed by atoms with Crippen molar-refractivity contribution >= 4 is 29.5 Å². The second-order valence-corrected chi connectivity index (χ2v) is 14.3. The van der Waals surface area contributed by atoms with E-state index in [9.17, 15) is 19.5 Å². The third-order valence-electron chi connectivity index (χ3n) is 8.92. The molecule has 9 heteroatoms. The minimum Gasteiger partial charge on any atom is -0.444 e. The fourth-order valence-corrected chi connectivity index (χ4v) is 6.75. The standard InChI is InChI=1S/C39H50ClN3O5/c1-7-28-12-8-13-31(24-28)35-33(15-9-16-34(35)40)39(47,21-11-22-41-27(2)44)32-14-10-23-43(26-32)36(45)30-19-17-29(18-20-30)25-42(6)37(46)48-38(3,4)5/h8-9,12-13,15-20,24,32,47H,7,10-11,14,21-23,25-26H2,1-6H3,(H,41,44)/t32?,39-/m0/s1. The van der Waals surface area contributed by atoms with Gasteiger partial charge in [0.15, 0.2) is 0 Å². The lowest BCUT2D eigenvalue weighted by Gasteiger charge is -2.44. The topological polar surface area (TPSA) is 99.2 Å². The van der Waals surface area contributed by atoms with Gasteiger partial charge in [-0.25, -0.2) is 4.79 Å². The molecule has 0 bridgehead atoms. The zero-order chi connectivity index (χ0) is 35.1. The Hall–Kier alpha value is -3.88. The Morgan fingerprint density at radius 3 is 2.42 bits per heavy atom. The second kappa shape index (κ2) is 16.0. The molecule has 2 N–H and O–H groups in total. The van der Waals surface area contributed by atoms with Crippen molar-refractivity contribution in [2.45, 2.75) is 84.5 Å². The number of amides is 3. The number of hydrogen-bond acceptors (Lipinski definition) is 5. The predicted molar refractivity (Wildman–Crippen MR) is 191 cm³/mol. The number of nitrogens with zero attached hydrogens (tertiary/aromatic N) is 2. The highest BCUT2D eigenvalue weighted by Crippen LogP contribution is 2.45. The van der Waals surface area contributed by atoms with E-state index in [0.717, 1.165) is 41.5 Å². The summed E-state index contributed by atoms with van der Waals surface area (Å²) in [7, 11) is 1.68. The molecule has 0 aromatic heterocycles. The van der Waals surface area contributed by atoms with E-state index in [2.05, 4.69) is 24.4 Å². The maximum Gasteiger partial charge on any atom is 0.410 e. The van der Waals surface area contributed by atoms with E-state index in [0.29, 0.717) is 49.6 Å². The SMILES string of the molecule is CCc1cccc(-c2c(Cl)cccc2[C@](O)(CCCNC(C)=O)C2CCCN(C(=O)c3ccc(CN(C)C(=O)OC(C)(C)C)cc3)C2)c1. The zero-order valence-electron chi connectivity index (χ0n) is 29.1. The largest absolute Gasteiger partial charge is 0.444 e. The summed E-state index contributed by atoms with van der Waals surface area (Å²) >= 11 is 6.89. The fourth-order valence-electron chi connectivity index (χ4n) is 6.47. The maximum absolute atomic E-state index is 13.8. The number of rotatable bonds is 11. The minimum atomic E-state index is -1.31. The molecule has 48 heavy (non-hydrogen) atoms. The Morgan fingerprint density at radius 1 is 1.04 bits per heavy atom. The van der Waals surface area contributed by atoms with E-state index in [1.807, 2.05) is 68.1 Å². The van der Waals surface area contributed by atoms with Crippen LogP contribution in [-0.2, 0) is 28.1 Å². The van der Waals surface area contributed by atoms with Crippen LogP contribution in [0.25, 0.3) is 11.1 Å². The van der Waals surface area contributed by atoms with Crippen molar-refractivity contribution in [3.05, 3.63) is 94.0 Å². The van der Waals surface area contributed by atoms with Crippen molar-refractivity contribution in [2.75, 3.05) is 26.7 Å². The molecule has 2 atom stereocenters. The quantitative estimate of drug-likeness (QED) is 0.204. The molecule has 0 spiro atoms. The molecule has 3 amide bonds. The van der Waals surface area contributed by atoms with Crippen LogP contribution in [0.3, 0.4) is 0 Å². The zero-order valence-corrected chi connectivity index (χ0v) is 29.9. The number of aryl methyl sites for hydroxylation is 1. The minimum absolute atomic E-state index is 0.102. The van der Waals surface area contributed by atoms with E-state index in [1.54, 1.807) is 19.2 Å². The van der Waals surface area contributed by atoms with Crippen LogP contribution in [0.4, 0.5) is 4.79 Å². The highest BCUT2D eigenvalue weighted by molar-refractivity contribution is 6.33. The van der Waals surface area contributed by atoms with Crippen molar-refractivity contribution in [1.29, 1.82) is 0 Å². The average molecular weight is 676 g/mol. The van der Waals surface area contributed by atoms with Gasteiger partial charge in [-0.1, -0.05) is 67.1 Å². The van der Waals surface area contributed by atoms with E-state index < -0.39 is 17.3 Å². The molecular formula is C39H50ClN3O5. The second-order valence-electron chi connectivity index (χ2n) is 13.9. The van der Waals surface area contributed by atoms with Crippen LogP contribution >= 0.6 is 11.6 Å². The normalized spacial score (nSPS) is 16.2. The van der Waals surface area contributed by atoms with Crippen molar-refractivity contribution in [3.8, 4) is 11.1 Å². The van der Waals surface area contributed by atoms with Crippen molar-refractivity contribution < 1.29 is 24.2 Å². The third kappa shape index (κ3) is 9.38.